The summed E-state index contributed by atoms with van der Waals surface area (Å²) in [6.45, 7) is 3.05. The molecular formula is C13H18N2O2. The van der Waals surface area contributed by atoms with E-state index < -0.39 is 0 Å². The van der Waals surface area contributed by atoms with E-state index in [4.69, 9.17) is 10.5 Å². The van der Waals surface area contributed by atoms with E-state index in [-0.39, 0.29) is 11.8 Å². The van der Waals surface area contributed by atoms with Crippen LogP contribution in [0.15, 0.2) is 24.3 Å². The molecule has 1 aliphatic rings. The lowest BCUT2D eigenvalue weighted by Gasteiger charge is -2.08. The number of carbonyl (C=O) groups excluding carboxylic acids is 1. The molecule has 0 radical (unpaired) electrons. The molecule has 1 amide bonds. The van der Waals surface area contributed by atoms with Crippen molar-refractivity contribution in [2.75, 3.05) is 18.5 Å². The average molecular weight is 234 g/mol. The third kappa shape index (κ3) is 3.20. The Morgan fingerprint density at radius 1 is 1.59 bits per heavy atom. The van der Waals surface area contributed by atoms with Gasteiger partial charge in [0, 0.05) is 24.2 Å². The van der Waals surface area contributed by atoms with Crippen LogP contribution in [0.4, 0.5) is 5.69 Å². The Labute approximate surface area is 101 Å². The fourth-order valence-corrected chi connectivity index (χ4v) is 1.76. The van der Waals surface area contributed by atoms with Gasteiger partial charge >= 0.3 is 0 Å². The van der Waals surface area contributed by atoms with Crippen LogP contribution in [0.25, 0.3) is 0 Å². The van der Waals surface area contributed by atoms with Gasteiger partial charge in [0.05, 0.1) is 0 Å². The molecule has 2 rings (SSSR count). The second kappa shape index (κ2) is 5.19. The second-order valence-corrected chi connectivity index (χ2v) is 4.47. The highest BCUT2D eigenvalue weighted by molar-refractivity contribution is 5.94. The lowest BCUT2D eigenvalue weighted by molar-refractivity contribution is -0.117. The third-order valence-electron chi connectivity index (χ3n) is 2.93. The van der Waals surface area contributed by atoms with Gasteiger partial charge in [-0.05, 0) is 24.5 Å². The zero-order valence-corrected chi connectivity index (χ0v) is 9.98. The van der Waals surface area contributed by atoms with Crippen molar-refractivity contribution in [1.29, 1.82) is 0 Å². The molecule has 0 spiro atoms. The molecule has 1 aromatic rings. The van der Waals surface area contributed by atoms with Crippen LogP contribution < -0.4 is 15.8 Å². The number of nitrogens with two attached hydrogens (primary N) is 1. The molecule has 92 valence electrons. The van der Waals surface area contributed by atoms with Crippen LogP contribution >= 0.6 is 0 Å². The number of nitrogens with one attached hydrogen (secondary N) is 1. The van der Waals surface area contributed by atoms with Gasteiger partial charge in [0.1, 0.15) is 12.4 Å². The smallest absolute Gasteiger partial charge is 0.227 e. The van der Waals surface area contributed by atoms with E-state index in [9.17, 15) is 4.79 Å². The molecule has 1 aliphatic carbocycles. The number of carbonyl (C=O) groups is 1. The van der Waals surface area contributed by atoms with E-state index in [2.05, 4.69) is 12.2 Å². The summed E-state index contributed by atoms with van der Waals surface area (Å²) in [5.74, 6) is 1.54. The lowest BCUT2D eigenvalue weighted by atomic mass is 10.2. The Hall–Kier alpha value is -1.55. The molecule has 0 bridgehead atoms. The Balaban J connectivity index is 1.93. The summed E-state index contributed by atoms with van der Waals surface area (Å²) >= 11 is 0. The maximum atomic E-state index is 11.7. The van der Waals surface area contributed by atoms with E-state index in [0.29, 0.717) is 19.1 Å². The molecule has 1 fully saturated rings. The van der Waals surface area contributed by atoms with Gasteiger partial charge in [0.2, 0.25) is 5.91 Å². The van der Waals surface area contributed by atoms with Gasteiger partial charge in [-0.25, -0.2) is 0 Å². The van der Waals surface area contributed by atoms with E-state index in [0.717, 1.165) is 17.9 Å². The minimum atomic E-state index is 0.105. The summed E-state index contributed by atoms with van der Waals surface area (Å²) in [6, 6.07) is 7.39. The molecule has 0 aromatic heterocycles. The first-order valence-corrected chi connectivity index (χ1v) is 5.94. The van der Waals surface area contributed by atoms with Crippen LogP contribution in [0.3, 0.4) is 0 Å². The molecule has 4 heteroatoms. The topological polar surface area (TPSA) is 64.3 Å². The quantitative estimate of drug-likeness (QED) is 0.813. The molecule has 3 N–H and O–H groups in total. The Morgan fingerprint density at radius 3 is 3.00 bits per heavy atom. The SMILES string of the molecule is CC1CC1C(=O)Nc1cccc(OCCN)c1. The summed E-state index contributed by atoms with van der Waals surface area (Å²) in [6.07, 6.45) is 0.995. The molecule has 2 atom stereocenters. The molecule has 1 aromatic carbocycles. The van der Waals surface area contributed by atoms with Crippen molar-refractivity contribution in [2.24, 2.45) is 17.6 Å². The van der Waals surface area contributed by atoms with Crippen molar-refractivity contribution in [3.63, 3.8) is 0 Å². The summed E-state index contributed by atoms with van der Waals surface area (Å²) in [5, 5.41) is 2.90. The molecule has 1 saturated carbocycles. The predicted molar refractivity (Wildman–Crippen MR) is 66.9 cm³/mol. The molecule has 4 nitrogen and oxygen atoms in total. The number of rotatable bonds is 5. The van der Waals surface area contributed by atoms with E-state index >= 15 is 0 Å². The van der Waals surface area contributed by atoms with Gasteiger partial charge in [-0.1, -0.05) is 13.0 Å². The van der Waals surface area contributed by atoms with Crippen LogP contribution in [-0.2, 0) is 4.79 Å². The van der Waals surface area contributed by atoms with Crippen molar-refractivity contribution in [1.82, 2.24) is 0 Å². The van der Waals surface area contributed by atoms with Gasteiger partial charge in [-0.15, -0.1) is 0 Å². The van der Waals surface area contributed by atoms with Gasteiger partial charge in [-0.3, -0.25) is 4.79 Å². The number of ether oxygens (including phenoxy) is 1. The molecule has 0 heterocycles. The molecule has 17 heavy (non-hydrogen) atoms. The van der Waals surface area contributed by atoms with Gasteiger partial charge in [0.15, 0.2) is 0 Å². The van der Waals surface area contributed by atoms with E-state index in [1.54, 1.807) is 0 Å². The van der Waals surface area contributed by atoms with Crippen LogP contribution in [0.2, 0.25) is 0 Å². The van der Waals surface area contributed by atoms with Crippen LogP contribution in [0, 0.1) is 11.8 Å². The first kappa shape index (κ1) is 11.9. The fraction of sp³-hybridized carbons (Fsp3) is 0.462. The highest BCUT2D eigenvalue weighted by Crippen LogP contribution is 2.38. The Morgan fingerprint density at radius 2 is 2.35 bits per heavy atom. The highest BCUT2D eigenvalue weighted by atomic mass is 16.5. The standard InChI is InChI=1S/C13H18N2O2/c1-9-7-12(9)13(16)15-10-3-2-4-11(8-10)17-6-5-14/h2-4,8-9,12H,5-7,14H2,1H3,(H,15,16). The van der Waals surface area contributed by atoms with Gasteiger partial charge in [-0.2, -0.15) is 0 Å². The normalized spacial score (nSPS) is 22.0. The van der Waals surface area contributed by atoms with Crippen molar-refractivity contribution in [2.45, 2.75) is 13.3 Å². The maximum Gasteiger partial charge on any atom is 0.227 e. The molecule has 0 aliphatic heterocycles. The van der Waals surface area contributed by atoms with Crippen LogP contribution in [0.5, 0.6) is 5.75 Å². The molecular weight excluding hydrogens is 216 g/mol. The number of hydrogen-bond acceptors (Lipinski definition) is 3. The lowest BCUT2D eigenvalue weighted by Crippen LogP contribution is -2.14. The average Bonchev–Trinajstić information content (AvgIpc) is 3.04. The van der Waals surface area contributed by atoms with Crippen LogP contribution in [0.1, 0.15) is 13.3 Å². The number of hydrogen-bond donors (Lipinski definition) is 2. The van der Waals surface area contributed by atoms with Crippen molar-refractivity contribution in [3.8, 4) is 5.75 Å². The van der Waals surface area contributed by atoms with Crippen molar-refractivity contribution in [3.05, 3.63) is 24.3 Å². The van der Waals surface area contributed by atoms with E-state index in [1.807, 2.05) is 24.3 Å². The third-order valence-corrected chi connectivity index (χ3v) is 2.93. The minimum Gasteiger partial charge on any atom is -0.492 e. The molecule has 0 saturated heterocycles. The summed E-state index contributed by atoms with van der Waals surface area (Å²) in [4.78, 5) is 11.7. The summed E-state index contributed by atoms with van der Waals surface area (Å²) in [5.41, 5.74) is 6.14. The molecule has 2 unspecified atom stereocenters. The van der Waals surface area contributed by atoms with Crippen molar-refractivity contribution < 1.29 is 9.53 Å². The van der Waals surface area contributed by atoms with Gasteiger partial charge in [0.25, 0.3) is 0 Å². The predicted octanol–water partition coefficient (Wildman–Crippen LogP) is 1.62. The van der Waals surface area contributed by atoms with Crippen molar-refractivity contribution >= 4 is 11.6 Å². The Bertz CT molecular complexity index is 406. The number of amides is 1. The first-order valence-electron chi connectivity index (χ1n) is 5.94. The number of anilines is 1. The number of benzene rings is 1. The largest absolute Gasteiger partial charge is 0.492 e. The zero-order valence-electron chi connectivity index (χ0n) is 9.98. The van der Waals surface area contributed by atoms with E-state index in [1.165, 1.54) is 0 Å². The minimum absolute atomic E-state index is 0.105. The first-order chi connectivity index (χ1) is 8.20. The summed E-state index contributed by atoms with van der Waals surface area (Å²) in [7, 11) is 0. The fourth-order valence-electron chi connectivity index (χ4n) is 1.76. The Kier molecular flexibility index (Phi) is 3.64. The maximum absolute atomic E-state index is 11.7. The highest BCUT2D eigenvalue weighted by Gasteiger charge is 2.39. The second-order valence-electron chi connectivity index (χ2n) is 4.47. The van der Waals surface area contributed by atoms with Crippen LogP contribution in [-0.4, -0.2) is 19.1 Å². The monoisotopic (exact) mass is 234 g/mol. The summed E-state index contributed by atoms with van der Waals surface area (Å²) < 4.78 is 5.40. The van der Waals surface area contributed by atoms with Gasteiger partial charge < -0.3 is 15.8 Å². The zero-order chi connectivity index (χ0) is 12.3.